The highest BCUT2D eigenvalue weighted by Crippen LogP contribution is 2.39. The zero-order valence-corrected chi connectivity index (χ0v) is 30.3. The van der Waals surface area contributed by atoms with Crippen molar-refractivity contribution >= 4 is 5.97 Å². The number of carbonyl (C=O) groups is 1. The second-order valence-corrected chi connectivity index (χ2v) is 13.4. The van der Waals surface area contributed by atoms with E-state index in [0.717, 1.165) is 24.3 Å². The number of carboxylic acid groups (broad SMARTS) is 1. The summed E-state index contributed by atoms with van der Waals surface area (Å²) < 4.78 is 104. The number of benzene rings is 3. The van der Waals surface area contributed by atoms with E-state index in [0.29, 0.717) is 59.0 Å². The maximum Gasteiger partial charge on any atom is 0.416 e. The van der Waals surface area contributed by atoms with E-state index < -0.39 is 29.4 Å². The topological polar surface area (TPSA) is 108 Å². The molecule has 54 heavy (non-hydrogen) atoms. The highest BCUT2D eigenvalue weighted by Gasteiger charge is 2.32. The van der Waals surface area contributed by atoms with Crippen molar-refractivity contribution in [3.63, 3.8) is 0 Å². The number of oxazole rings is 2. The van der Waals surface area contributed by atoms with Crippen LogP contribution in [0.15, 0.2) is 69.5 Å². The molecule has 5 rings (SSSR count). The maximum absolute atomic E-state index is 13.5. The average molecular weight is 759 g/mol. The van der Waals surface area contributed by atoms with Crippen molar-refractivity contribution in [1.29, 1.82) is 0 Å². The first kappa shape index (κ1) is 40.2. The van der Waals surface area contributed by atoms with Crippen molar-refractivity contribution in [2.45, 2.75) is 84.9 Å². The fourth-order valence-electron chi connectivity index (χ4n) is 5.92. The van der Waals surface area contributed by atoms with Crippen LogP contribution in [0.3, 0.4) is 0 Å². The van der Waals surface area contributed by atoms with Gasteiger partial charge in [0, 0.05) is 47.3 Å². The molecule has 0 atom stereocenters. The molecule has 0 saturated carbocycles. The number of hydrogen-bond donors (Lipinski definition) is 1. The largest absolute Gasteiger partial charge is 0.478 e. The van der Waals surface area contributed by atoms with Crippen molar-refractivity contribution in [1.82, 2.24) is 9.97 Å². The fraction of sp³-hybridized carbons (Fsp3) is 0.375. The van der Waals surface area contributed by atoms with Crippen LogP contribution in [0.2, 0.25) is 0 Å². The number of rotatable bonds is 15. The van der Waals surface area contributed by atoms with Crippen LogP contribution in [0.1, 0.15) is 102 Å². The second kappa shape index (κ2) is 16.6. The van der Waals surface area contributed by atoms with Crippen molar-refractivity contribution in [2.24, 2.45) is 0 Å². The van der Waals surface area contributed by atoms with E-state index in [4.69, 9.17) is 18.3 Å². The van der Waals surface area contributed by atoms with Crippen molar-refractivity contribution in [3.05, 3.63) is 106 Å². The van der Waals surface area contributed by atoms with Gasteiger partial charge in [-0.3, -0.25) is 0 Å². The van der Waals surface area contributed by atoms with Crippen molar-refractivity contribution in [3.8, 4) is 34.2 Å². The normalized spacial score (nSPS) is 12.3. The Kier molecular flexibility index (Phi) is 12.4. The van der Waals surface area contributed by atoms with Crippen LogP contribution in [0.25, 0.3) is 34.2 Å². The van der Waals surface area contributed by atoms with Gasteiger partial charge in [0.25, 0.3) is 0 Å². The molecule has 2 aromatic heterocycles. The maximum atomic E-state index is 13.5. The monoisotopic (exact) mass is 758 g/mol. The first-order valence-corrected chi connectivity index (χ1v) is 17.3. The van der Waals surface area contributed by atoms with Crippen LogP contribution in [0.4, 0.5) is 26.3 Å². The predicted molar refractivity (Wildman–Crippen MR) is 188 cm³/mol. The van der Waals surface area contributed by atoms with Crippen LogP contribution in [0, 0.1) is 6.92 Å². The molecule has 14 heteroatoms. The fourth-order valence-corrected chi connectivity index (χ4v) is 5.92. The predicted octanol–water partition coefficient (Wildman–Crippen LogP) is 11.5. The van der Waals surface area contributed by atoms with Gasteiger partial charge in [0.05, 0.1) is 29.9 Å². The summed E-state index contributed by atoms with van der Waals surface area (Å²) in [6, 6.07) is 12.8. The number of unbranched alkanes of at least 4 members (excludes halogenated alkanes) is 1. The Morgan fingerprint density at radius 2 is 1.26 bits per heavy atom. The van der Waals surface area contributed by atoms with E-state index in [-0.39, 0.29) is 60.1 Å². The third-order valence-electron chi connectivity index (χ3n) is 8.61. The lowest BCUT2D eigenvalue weighted by Gasteiger charge is -2.15. The lowest BCUT2D eigenvalue weighted by Crippen LogP contribution is -2.10. The Balaban J connectivity index is 1.25. The molecule has 0 aliphatic rings. The summed E-state index contributed by atoms with van der Waals surface area (Å²) >= 11 is 0. The second-order valence-electron chi connectivity index (χ2n) is 13.4. The molecule has 0 fully saturated rings. The van der Waals surface area contributed by atoms with Gasteiger partial charge in [-0.15, -0.1) is 0 Å². The molecule has 288 valence electrons. The van der Waals surface area contributed by atoms with Gasteiger partial charge in [-0.05, 0) is 61.7 Å². The molecule has 8 nitrogen and oxygen atoms in total. The Hall–Kier alpha value is -4.95. The summed E-state index contributed by atoms with van der Waals surface area (Å²) in [6.07, 6.45) is -7.94. The molecule has 0 aliphatic carbocycles. The molecule has 0 spiro atoms. The van der Waals surface area contributed by atoms with E-state index in [1.54, 1.807) is 19.1 Å². The van der Waals surface area contributed by atoms with Crippen LogP contribution in [0.5, 0.6) is 0 Å². The summed E-state index contributed by atoms with van der Waals surface area (Å²) in [5.74, 6) is -0.546. The number of ether oxygens (including phenoxy) is 2. The zero-order valence-electron chi connectivity index (χ0n) is 30.3. The molecule has 0 unspecified atom stereocenters. The summed E-state index contributed by atoms with van der Waals surface area (Å²) in [7, 11) is 0. The number of aromatic carboxylic acids is 1. The SMILES string of the molecule is Cc1ccc(-c2nc(-c3cccc(C(F)(F)F)c3)oc2C(C)C)c(COCCCCOCc2nc(-c3cccc(C(F)(F)F)c3)oc2C(C)C)c1C(=O)O. The minimum absolute atomic E-state index is 0.0258. The Morgan fingerprint density at radius 3 is 1.78 bits per heavy atom. The molecular formula is C40H40F6N2O6. The molecule has 0 aliphatic heterocycles. The van der Waals surface area contributed by atoms with Crippen LogP contribution in [-0.2, 0) is 35.0 Å². The molecular weight excluding hydrogens is 718 g/mol. The lowest BCUT2D eigenvalue weighted by atomic mass is 9.93. The van der Waals surface area contributed by atoms with Gasteiger partial charge < -0.3 is 23.4 Å². The Labute approximate surface area is 308 Å². The third-order valence-corrected chi connectivity index (χ3v) is 8.61. The van der Waals surface area contributed by atoms with Crippen LogP contribution >= 0.6 is 0 Å². The Bertz CT molecular complexity index is 2080. The molecule has 0 amide bonds. The third kappa shape index (κ3) is 9.40. The minimum atomic E-state index is -4.56. The molecule has 0 bridgehead atoms. The first-order chi connectivity index (χ1) is 25.5. The van der Waals surface area contributed by atoms with Gasteiger partial charge in [-0.25, -0.2) is 14.8 Å². The number of aromatic nitrogens is 2. The van der Waals surface area contributed by atoms with Crippen LogP contribution < -0.4 is 0 Å². The van der Waals surface area contributed by atoms with Gasteiger partial charge in [-0.2, -0.15) is 26.3 Å². The van der Waals surface area contributed by atoms with Crippen molar-refractivity contribution < 1.29 is 54.6 Å². The smallest absolute Gasteiger partial charge is 0.416 e. The summed E-state index contributed by atoms with van der Waals surface area (Å²) in [4.78, 5) is 21.5. The molecule has 0 radical (unpaired) electrons. The van der Waals surface area contributed by atoms with Gasteiger partial charge in [0.2, 0.25) is 11.8 Å². The first-order valence-electron chi connectivity index (χ1n) is 17.3. The number of aryl methyl sites for hydroxylation is 1. The van der Waals surface area contributed by atoms with E-state index >= 15 is 0 Å². The van der Waals surface area contributed by atoms with Gasteiger partial charge in [0.1, 0.15) is 22.9 Å². The summed E-state index contributed by atoms with van der Waals surface area (Å²) in [6.45, 7) is 9.68. The summed E-state index contributed by atoms with van der Waals surface area (Å²) in [5.41, 5.74) is 0.811. The molecule has 3 aromatic carbocycles. The van der Waals surface area contributed by atoms with E-state index in [1.807, 2.05) is 27.7 Å². The van der Waals surface area contributed by atoms with E-state index in [1.165, 1.54) is 24.3 Å². The van der Waals surface area contributed by atoms with Gasteiger partial charge in [-0.1, -0.05) is 52.0 Å². The van der Waals surface area contributed by atoms with Crippen LogP contribution in [-0.4, -0.2) is 34.3 Å². The molecule has 1 N–H and O–H groups in total. The standard InChI is InChI=1S/C40H40F6N2O6/c1-22(2)34-31(47-36(53-34)25-10-8-12-27(18-25)39(41,42)43)21-52-17-7-6-16-51-20-30-29(15-14-24(5)32(30)38(49)50)33-35(23(3)4)54-37(48-33)26-11-9-13-28(19-26)40(44,45)46/h8-15,18-19,22-23H,6-7,16-17,20-21H2,1-5H3,(H,49,50). The lowest BCUT2D eigenvalue weighted by molar-refractivity contribution is -0.138. The van der Waals surface area contributed by atoms with E-state index in [2.05, 4.69) is 9.97 Å². The van der Waals surface area contributed by atoms with Crippen molar-refractivity contribution in [2.75, 3.05) is 13.2 Å². The molecule has 5 aromatic rings. The van der Waals surface area contributed by atoms with Gasteiger partial charge >= 0.3 is 18.3 Å². The number of halogens is 6. The quantitative estimate of drug-likeness (QED) is 0.0830. The number of alkyl halides is 6. The average Bonchev–Trinajstić information content (AvgIpc) is 3.75. The highest BCUT2D eigenvalue weighted by molar-refractivity contribution is 5.94. The molecule has 0 saturated heterocycles. The van der Waals surface area contributed by atoms with E-state index in [9.17, 15) is 36.2 Å². The number of carboxylic acids is 1. The minimum Gasteiger partial charge on any atom is -0.478 e. The number of hydrogen-bond acceptors (Lipinski definition) is 7. The highest BCUT2D eigenvalue weighted by atomic mass is 19.4. The summed E-state index contributed by atoms with van der Waals surface area (Å²) in [5, 5.41) is 10.2. The zero-order chi connectivity index (χ0) is 39.4. The van der Waals surface area contributed by atoms with Gasteiger partial charge in [0.15, 0.2) is 0 Å². The number of nitrogens with zero attached hydrogens (tertiary/aromatic N) is 2. The Morgan fingerprint density at radius 1 is 0.741 bits per heavy atom. The molecule has 2 heterocycles.